The lowest BCUT2D eigenvalue weighted by atomic mass is 9.96. The monoisotopic (exact) mass is 433 g/mol. The average molecular weight is 433 g/mol. The summed E-state index contributed by atoms with van der Waals surface area (Å²) >= 11 is 0. The fraction of sp³-hybridized carbons (Fsp3) is 0.350. The normalized spacial score (nSPS) is 18.1. The van der Waals surface area contributed by atoms with Gasteiger partial charge >= 0.3 is 0 Å². The van der Waals surface area contributed by atoms with Crippen LogP contribution in [0.15, 0.2) is 47.8 Å². The van der Waals surface area contributed by atoms with Crippen molar-refractivity contribution in [1.29, 1.82) is 0 Å². The summed E-state index contributed by atoms with van der Waals surface area (Å²) in [6.07, 6.45) is 2.26. The quantitative estimate of drug-likeness (QED) is 0.505. The Morgan fingerprint density at radius 1 is 1.23 bits per heavy atom. The minimum atomic E-state index is -3.80. The molecule has 2 unspecified atom stereocenters. The van der Waals surface area contributed by atoms with Crippen molar-refractivity contribution >= 4 is 21.5 Å². The molecule has 9 nitrogen and oxygen atoms in total. The third-order valence-corrected chi connectivity index (χ3v) is 7.24. The second kappa shape index (κ2) is 8.41. The fourth-order valence-corrected chi connectivity index (χ4v) is 4.07. The smallest absolute Gasteiger partial charge is 0.264 e. The predicted molar refractivity (Wildman–Crippen MR) is 110 cm³/mol. The molecule has 0 fully saturated rings. The van der Waals surface area contributed by atoms with Gasteiger partial charge in [0.1, 0.15) is 6.10 Å². The standard InChI is InChI=1S/C20H23N3O6S/c1-20(19(24)22-25,30(3,26)27)11-16-10-17(23-29-16)14-6-4-13(5-7-14)15-8-9-18(28-2)21-12-15/h4-9,12,16,25H,10-11H2,1-3H3,(H,22,24). The lowest BCUT2D eigenvalue weighted by molar-refractivity contribution is -0.132. The van der Waals surface area contributed by atoms with Crippen LogP contribution in [0, 0.1) is 0 Å². The van der Waals surface area contributed by atoms with Crippen LogP contribution in [-0.4, -0.2) is 54.4 Å². The van der Waals surface area contributed by atoms with Crippen molar-refractivity contribution in [2.45, 2.75) is 30.6 Å². The van der Waals surface area contributed by atoms with Crippen LogP contribution in [0.25, 0.3) is 11.1 Å². The molecule has 3 rings (SSSR count). The van der Waals surface area contributed by atoms with Crippen molar-refractivity contribution in [1.82, 2.24) is 10.5 Å². The number of pyridine rings is 1. The number of nitrogens with one attached hydrogen (secondary N) is 1. The summed E-state index contributed by atoms with van der Waals surface area (Å²) in [5.74, 6) is -0.464. The molecule has 0 saturated heterocycles. The number of carbonyl (C=O) groups is 1. The maximum atomic E-state index is 12.1. The van der Waals surface area contributed by atoms with E-state index >= 15 is 0 Å². The fourth-order valence-electron chi connectivity index (χ4n) is 3.20. The zero-order valence-corrected chi connectivity index (χ0v) is 17.6. The van der Waals surface area contributed by atoms with Gasteiger partial charge in [-0.05, 0) is 24.1 Å². The maximum Gasteiger partial charge on any atom is 0.264 e. The molecule has 0 aliphatic carbocycles. The van der Waals surface area contributed by atoms with Crippen LogP contribution < -0.4 is 10.2 Å². The second-order valence-electron chi connectivity index (χ2n) is 7.28. The Labute approximate surface area is 174 Å². The molecule has 2 aromatic rings. The van der Waals surface area contributed by atoms with Gasteiger partial charge in [0.25, 0.3) is 5.91 Å². The SMILES string of the molecule is COc1ccc(-c2ccc(C3=NOC(CC(C)(C(=O)NO)S(C)(=O)=O)C3)cc2)cn1. The Bertz CT molecular complexity index is 1050. The Kier molecular flexibility index (Phi) is 6.09. The van der Waals surface area contributed by atoms with Crippen LogP contribution in [0.3, 0.4) is 0 Å². The van der Waals surface area contributed by atoms with Crippen LogP contribution in [0.1, 0.15) is 25.3 Å². The number of hydroxylamine groups is 1. The van der Waals surface area contributed by atoms with Crippen molar-refractivity contribution in [3.05, 3.63) is 48.2 Å². The van der Waals surface area contributed by atoms with Crippen molar-refractivity contribution in [2.24, 2.45) is 5.16 Å². The average Bonchev–Trinajstić information content (AvgIpc) is 3.20. The summed E-state index contributed by atoms with van der Waals surface area (Å²) in [7, 11) is -2.25. The number of hydrogen-bond donors (Lipinski definition) is 2. The number of nitrogens with zero attached hydrogens (tertiary/aromatic N) is 2. The Balaban J connectivity index is 1.71. The zero-order chi connectivity index (χ0) is 21.9. The van der Waals surface area contributed by atoms with E-state index in [0.717, 1.165) is 22.9 Å². The molecule has 1 aliphatic heterocycles. The molecule has 160 valence electrons. The van der Waals surface area contributed by atoms with E-state index in [1.165, 1.54) is 12.4 Å². The molecular formula is C20H23N3O6S. The highest BCUT2D eigenvalue weighted by atomic mass is 32.2. The van der Waals surface area contributed by atoms with Crippen molar-refractivity contribution in [2.75, 3.05) is 13.4 Å². The van der Waals surface area contributed by atoms with Gasteiger partial charge in [-0.15, -0.1) is 0 Å². The summed E-state index contributed by atoms with van der Waals surface area (Å²) in [4.78, 5) is 21.6. The predicted octanol–water partition coefficient (Wildman–Crippen LogP) is 1.95. The van der Waals surface area contributed by atoms with E-state index in [9.17, 15) is 13.2 Å². The van der Waals surface area contributed by atoms with E-state index < -0.39 is 26.6 Å². The number of methoxy groups -OCH3 is 1. The van der Waals surface area contributed by atoms with Gasteiger partial charge in [-0.25, -0.2) is 18.9 Å². The molecule has 1 aliphatic rings. The van der Waals surface area contributed by atoms with Crippen molar-refractivity contribution in [3.8, 4) is 17.0 Å². The van der Waals surface area contributed by atoms with E-state index in [-0.39, 0.29) is 6.42 Å². The molecule has 2 atom stereocenters. The van der Waals surface area contributed by atoms with Gasteiger partial charge in [0, 0.05) is 36.9 Å². The third-order valence-electron chi connectivity index (χ3n) is 5.25. The first-order chi connectivity index (χ1) is 14.2. The molecule has 10 heteroatoms. The minimum Gasteiger partial charge on any atom is -0.481 e. The molecule has 1 aromatic heterocycles. The number of aromatic nitrogens is 1. The molecular weight excluding hydrogens is 410 g/mol. The third kappa shape index (κ3) is 4.29. The second-order valence-corrected chi connectivity index (χ2v) is 9.73. The van der Waals surface area contributed by atoms with E-state index in [4.69, 9.17) is 14.8 Å². The van der Waals surface area contributed by atoms with E-state index in [1.807, 2.05) is 30.3 Å². The van der Waals surface area contributed by atoms with Crippen molar-refractivity contribution < 1.29 is 28.0 Å². The lowest BCUT2D eigenvalue weighted by Crippen LogP contribution is -2.51. The topological polar surface area (TPSA) is 127 Å². The largest absolute Gasteiger partial charge is 0.481 e. The van der Waals surface area contributed by atoms with Crippen LogP contribution in [0.4, 0.5) is 0 Å². The van der Waals surface area contributed by atoms with Gasteiger partial charge in [-0.1, -0.05) is 29.4 Å². The minimum absolute atomic E-state index is 0.138. The van der Waals surface area contributed by atoms with Gasteiger partial charge in [0.15, 0.2) is 14.6 Å². The summed E-state index contributed by atoms with van der Waals surface area (Å²) in [5, 5.41) is 13.0. The summed E-state index contributed by atoms with van der Waals surface area (Å²) in [6.45, 7) is 1.26. The molecule has 1 amide bonds. The van der Waals surface area contributed by atoms with Crippen LogP contribution in [0.5, 0.6) is 5.88 Å². The highest BCUT2D eigenvalue weighted by Crippen LogP contribution is 2.30. The summed E-state index contributed by atoms with van der Waals surface area (Å²) < 4.78 is 27.5. The Morgan fingerprint density at radius 2 is 1.87 bits per heavy atom. The molecule has 30 heavy (non-hydrogen) atoms. The Hall–Kier alpha value is -2.98. The van der Waals surface area contributed by atoms with Crippen LogP contribution >= 0.6 is 0 Å². The number of carbonyl (C=O) groups excluding carboxylic acids is 1. The van der Waals surface area contributed by atoms with Gasteiger partial charge in [-0.3, -0.25) is 10.0 Å². The van der Waals surface area contributed by atoms with Crippen molar-refractivity contribution in [3.63, 3.8) is 0 Å². The molecule has 2 N–H and O–H groups in total. The number of hydrogen-bond acceptors (Lipinski definition) is 8. The lowest BCUT2D eigenvalue weighted by Gasteiger charge is -2.26. The summed E-state index contributed by atoms with van der Waals surface area (Å²) in [6, 6.07) is 11.3. The molecule has 1 aromatic carbocycles. The molecule has 0 radical (unpaired) electrons. The van der Waals surface area contributed by atoms with Gasteiger partial charge in [0.2, 0.25) is 5.88 Å². The highest BCUT2D eigenvalue weighted by molar-refractivity contribution is 7.92. The van der Waals surface area contributed by atoms with E-state index in [0.29, 0.717) is 18.0 Å². The highest BCUT2D eigenvalue weighted by Gasteiger charge is 2.47. The van der Waals surface area contributed by atoms with E-state index in [1.54, 1.807) is 19.4 Å². The van der Waals surface area contributed by atoms with Gasteiger partial charge in [0.05, 0.1) is 12.8 Å². The molecule has 0 spiro atoms. The van der Waals surface area contributed by atoms with Gasteiger partial charge < -0.3 is 9.57 Å². The number of benzene rings is 1. The summed E-state index contributed by atoms with van der Waals surface area (Å²) in [5.41, 5.74) is 4.82. The first-order valence-corrected chi connectivity index (χ1v) is 11.0. The number of sulfone groups is 1. The first kappa shape index (κ1) is 21.7. The molecule has 0 bridgehead atoms. The number of ether oxygens (including phenoxy) is 1. The number of oxime groups is 1. The molecule has 0 saturated carbocycles. The van der Waals surface area contributed by atoms with Crippen LogP contribution in [-0.2, 0) is 19.5 Å². The molecule has 2 heterocycles. The maximum absolute atomic E-state index is 12.1. The van der Waals surface area contributed by atoms with Crippen LogP contribution in [0.2, 0.25) is 0 Å². The Morgan fingerprint density at radius 3 is 2.40 bits per heavy atom. The number of rotatable bonds is 7. The van der Waals surface area contributed by atoms with Gasteiger partial charge in [-0.2, -0.15) is 0 Å². The van der Waals surface area contributed by atoms with E-state index in [2.05, 4.69) is 10.1 Å². The number of amides is 1. The zero-order valence-electron chi connectivity index (χ0n) is 16.8. The first-order valence-electron chi connectivity index (χ1n) is 9.15.